The third kappa shape index (κ3) is 11.0. The number of likely N-dealkylation sites (tertiary alicyclic amines) is 2. The van der Waals surface area contributed by atoms with Gasteiger partial charge in [-0.1, -0.05) is 74.5 Å². The first-order valence-corrected chi connectivity index (χ1v) is 17.0. The Morgan fingerprint density at radius 1 is 0.837 bits per heavy atom. The minimum atomic E-state index is -0.869. The van der Waals surface area contributed by atoms with Gasteiger partial charge in [-0.3, -0.25) is 24.0 Å². The molecule has 3 atom stereocenters. The van der Waals surface area contributed by atoms with Gasteiger partial charge in [0, 0.05) is 32.0 Å². The van der Waals surface area contributed by atoms with Crippen LogP contribution in [0.5, 0.6) is 0 Å². The van der Waals surface area contributed by atoms with Gasteiger partial charge in [-0.25, -0.2) is 4.79 Å². The molecule has 13 heteroatoms. The van der Waals surface area contributed by atoms with Crippen molar-refractivity contribution in [3.05, 3.63) is 71.8 Å². The van der Waals surface area contributed by atoms with Crippen LogP contribution in [0.1, 0.15) is 57.1 Å². The van der Waals surface area contributed by atoms with E-state index in [1.165, 1.54) is 0 Å². The fourth-order valence-electron chi connectivity index (χ4n) is 6.33. The van der Waals surface area contributed by atoms with E-state index in [2.05, 4.69) is 16.0 Å². The summed E-state index contributed by atoms with van der Waals surface area (Å²) in [6.07, 6.45) is 1.89. The Morgan fingerprint density at radius 2 is 1.47 bits per heavy atom. The normalized spacial score (nSPS) is 17.6. The van der Waals surface area contributed by atoms with Gasteiger partial charge in [-0.05, 0) is 49.1 Å². The highest BCUT2D eigenvalue weighted by atomic mass is 16.5. The van der Waals surface area contributed by atoms with Gasteiger partial charge in [0.2, 0.25) is 29.5 Å². The lowest BCUT2D eigenvalue weighted by Crippen LogP contribution is -2.55. The van der Waals surface area contributed by atoms with E-state index in [1.54, 1.807) is 9.80 Å². The first kappa shape index (κ1) is 36.9. The summed E-state index contributed by atoms with van der Waals surface area (Å²) in [5, 5.41) is 8.01. The van der Waals surface area contributed by atoms with Gasteiger partial charge in [0.15, 0.2) is 0 Å². The maximum atomic E-state index is 13.8. The fourth-order valence-corrected chi connectivity index (χ4v) is 6.33. The number of rotatable bonds is 14. The number of amides is 6. The van der Waals surface area contributed by atoms with Crippen LogP contribution in [0.15, 0.2) is 60.7 Å². The second-order valence-corrected chi connectivity index (χ2v) is 13.1. The maximum absolute atomic E-state index is 13.8. The van der Waals surface area contributed by atoms with E-state index in [-0.39, 0.29) is 43.2 Å². The van der Waals surface area contributed by atoms with Gasteiger partial charge in [0.1, 0.15) is 24.7 Å². The van der Waals surface area contributed by atoms with E-state index < -0.39 is 41.9 Å². The molecule has 264 valence electrons. The minimum Gasteiger partial charge on any atom is -0.445 e. The minimum absolute atomic E-state index is 0.0722. The molecule has 2 aliphatic rings. The Labute approximate surface area is 287 Å². The average Bonchev–Trinajstić information content (AvgIpc) is 3.60. The first-order chi connectivity index (χ1) is 23.5. The molecule has 0 radical (unpaired) electrons. The molecule has 0 spiro atoms. The number of piperidine rings is 1. The van der Waals surface area contributed by atoms with Crippen LogP contribution in [0.2, 0.25) is 0 Å². The monoisotopic (exact) mass is 676 g/mol. The molecule has 13 nitrogen and oxygen atoms in total. The van der Waals surface area contributed by atoms with Crippen molar-refractivity contribution in [1.29, 1.82) is 0 Å². The topological polar surface area (TPSA) is 180 Å². The van der Waals surface area contributed by atoms with Crippen molar-refractivity contribution in [3.63, 3.8) is 0 Å². The number of benzene rings is 2. The van der Waals surface area contributed by atoms with Crippen molar-refractivity contribution >= 4 is 35.6 Å². The summed E-state index contributed by atoms with van der Waals surface area (Å²) in [4.78, 5) is 80.7. The highest BCUT2D eigenvalue weighted by molar-refractivity contribution is 5.94. The van der Waals surface area contributed by atoms with Gasteiger partial charge in [0.05, 0.1) is 6.54 Å². The summed E-state index contributed by atoms with van der Waals surface area (Å²) >= 11 is 0. The molecule has 2 heterocycles. The van der Waals surface area contributed by atoms with Gasteiger partial charge >= 0.3 is 6.09 Å². The Hall–Kier alpha value is -4.94. The highest BCUT2D eigenvalue weighted by Gasteiger charge is 2.40. The Balaban J connectivity index is 1.34. The Kier molecular flexibility index (Phi) is 13.5. The van der Waals surface area contributed by atoms with Gasteiger partial charge in [-0.2, -0.15) is 0 Å². The molecular formula is C36H48N6O7. The van der Waals surface area contributed by atoms with Crippen LogP contribution in [0.3, 0.4) is 0 Å². The molecule has 4 rings (SSSR count). The molecule has 2 fully saturated rings. The number of carbonyl (C=O) groups is 6. The zero-order valence-electron chi connectivity index (χ0n) is 28.3. The Morgan fingerprint density at radius 3 is 2.08 bits per heavy atom. The standard InChI is InChI=1S/C36H48N6O7/c1-24(2)20-28(32(44)38-22-31(37)43)39-33(45)30-14-9-17-42(30)34(46)27-15-18-41(19-16-27)35(47)29(21-25-10-5-3-6-11-25)40-36(48)49-23-26-12-7-4-8-13-26/h3-8,10-13,24,27-30H,9,14-23H2,1-2H3,(H2,37,43)(H,38,44)(H,39,45)(H,40,48)/t28-,29-,30+/m1/s1. The van der Waals surface area contributed by atoms with E-state index in [1.807, 2.05) is 74.5 Å². The summed E-state index contributed by atoms with van der Waals surface area (Å²) in [6, 6.07) is 16.2. The maximum Gasteiger partial charge on any atom is 0.408 e. The summed E-state index contributed by atoms with van der Waals surface area (Å²) in [7, 11) is 0. The number of nitrogens with zero attached hydrogens (tertiary/aromatic N) is 2. The number of hydrogen-bond acceptors (Lipinski definition) is 7. The summed E-state index contributed by atoms with van der Waals surface area (Å²) < 4.78 is 5.40. The zero-order chi connectivity index (χ0) is 35.3. The van der Waals surface area contributed by atoms with Crippen LogP contribution >= 0.6 is 0 Å². The molecule has 2 aromatic rings. The third-order valence-electron chi connectivity index (χ3n) is 8.86. The van der Waals surface area contributed by atoms with Crippen molar-refractivity contribution < 1.29 is 33.5 Å². The lowest BCUT2D eigenvalue weighted by Gasteiger charge is -2.36. The number of hydrogen-bond donors (Lipinski definition) is 4. The number of nitrogens with one attached hydrogen (secondary N) is 3. The van der Waals surface area contributed by atoms with Crippen LogP contribution in [0.4, 0.5) is 4.79 Å². The summed E-state index contributed by atoms with van der Waals surface area (Å²) in [5.74, 6) is -2.29. The molecule has 0 bridgehead atoms. The molecule has 2 saturated heterocycles. The number of primary amides is 1. The van der Waals surface area contributed by atoms with Crippen LogP contribution in [0, 0.1) is 11.8 Å². The SMILES string of the molecule is CC(C)C[C@@H](NC(=O)[C@@H]1CCCN1C(=O)C1CCN(C(=O)[C@@H](Cc2ccccc2)NC(=O)OCc2ccccc2)CC1)C(=O)NCC(N)=O. The molecule has 0 unspecified atom stereocenters. The van der Waals surface area contributed by atoms with Crippen molar-refractivity contribution in [2.45, 2.75) is 77.1 Å². The van der Waals surface area contributed by atoms with E-state index >= 15 is 0 Å². The lowest BCUT2D eigenvalue weighted by molar-refractivity contribution is -0.145. The van der Waals surface area contributed by atoms with Gasteiger partial charge in [-0.15, -0.1) is 0 Å². The number of ether oxygens (including phenoxy) is 1. The fraction of sp³-hybridized carbons (Fsp3) is 0.500. The van der Waals surface area contributed by atoms with Crippen molar-refractivity contribution in [3.8, 4) is 0 Å². The smallest absolute Gasteiger partial charge is 0.408 e. The van der Waals surface area contributed by atoms with E-state index in [0.29, 0.717) is 51.7 Å². The van der Waals surface area contributed by atoms with Crippen molar-refractivity contribution in [1.82, 2.24) is 25.8 Å². The van der Waals surface area contributed by atoms with Gasteiger partial charge < -0.3 is 36.2 Å². The lowest BCUT2D eigenvalue weighted by atomic mass is 9.94. The molecule has 2 aromatic carbocycles. The zero-order valence-corrected chi connectivity index (χ0v) is 28.3. The highest BCUT2D eigenvalue weighted by Crippen LogP contribution is 2.26. The third-order valence-corrected chi connectivity index (χ3v) is 8.86. The second-order valence-electron chi connectivity index (χ2n) is 13.1. The molecule has 2 aliphatic heterocycles. The molecule has 0 saturated carbocycles. The van der Waals surface area contributed by atoms with Crippen molar-refractivity contribution in [2.24, 2.45) is 17.6 Å². The van der Waals surface area contributed by atoms with Crippen LogP contribution in [-0.2, 0) is 41.7 Å². The molecule has 49 heavy (non-hydrogen) atoms. The van der Waals surface area contributed by atoms with Crippen LogP contribution in [0.25, 0.3) is 0 Å². The van der Waals surface area contributed by atoms with Crippen molar-refractivity contribution in [2.75, 3.05) is 26.2 Å². The molecule has 6 amide bonds. The van der Waals surface area contributed by atoms with E-state index in [9.17, 15) is 28.8 Å². The molecule has 0 aliphatic carbocycles. The van der Waals surface area contributed by atoms with Gasteiger partial charge in [0.25, 0.3) is 0 Å². The summed E-state index contributed by atoms with van der Waals surface area (Å²) in [6.45, 7) is 4.64. The van der Waals surface area contributed by atoms with Crippen LogP contribution in [-0.4, -0.2) is 89.7 Å². The van der Waals surface area contributed by atoms with Crippen LogP contribution < -0.4 is 21.7 Å². The predicted molar refractivity (Wildman–Crippen MR) is 181 cm³/mol. The Bertz CT molecular complexity index is 1450. The number of carbonyl (C=O) groups excluding carboxylic acids is 6. The molecule has 5 N–H and O–H groups in total. The quantitative estimate of drug-likeness (QED) is 0.236. The predicted octanol–water partition coefficient (Wildman–Crippen LogP) is 1.89. The molecular weight excluding hydrogens is 628 g/mol. The number of nitrogens with two attached hydrogens (primary N) is 1. The second kappa shape index (κ2) is 18.0. The van der Waals surface area contributed by atoms with E-state index in [4.69, 9.17) is 10.5 Å². The first-order valence-electron chi connectivity index (χ1n) is 17.0. The average molecular weight is 677 g/mol. The molecule has 0 aromatic heterocycles. The largest absolute Gasteiger partial charge is 0.445 e. The summed E-state index contributed by atoms with van der Waals surface area (Å²) in [5.41, 5.74) is 6.87. The number of alkyl carbamates (subject to hydrolysis) is 1. The van der Waals surface area contributed by atoms with E-state index in [0.717, 1.165) is 11.1 Å².